The molecule has 1 heterocycles. The van der Waals surface area contributed by atoms with E-state index in [1.54, 1.807) is 0 Å². The summed E-state index contributed by atoms with van der Waals surface area (Å²) in [7, 11) is -4.63. The summed E-state index contributed by atoms with van der Waals surface area (Å²) in [5, 5.41) is 9.31. The summed E-state index contributed by atoms with van der Waals surface area (Å²) >= 11 is 2.66. The number of halogens is 9. The van der Waals surface area contributed by atoms with Crippen LogP contribution in [0.3, 0.4) is 0 Å². The molecule has 0 spiro atoms. The Bertz CT molecular complexity index is 1610. The van der Waals surface area contributed by atoms with Crippen LogP contribution in [-0.2, 0) is 36.3 Å². The van der Waals surface area contributed by atoms with E-state index in [-0.39, 0.29) is 67.5 Å². The summed E-state index contributed by atoms with van der Waals surface area (Å²) in [4.78, 5) is 26.1. The number of carboxylic acid groups (broad SMARTS) is 1. The smallest absolute Gasteiger partial charge is 0.435 e. The molecule has 16 heteroatoms. The van der Waals surface area contributed by atoms with Crippen molar-refractivity contribution >= 4 is 37.6 Å². The van der Waals surface area contributed by atoms with Crippen molar-refractivity contribution < 1.29 is 58.2 Å². The first kappa shape index (κ1) is 33.6. The van der Waals surface area contributed by atoms with Crippen LogP contribution in [0.2, 0.25) is 0 Å². The number of rotatable bonds is 5. The molecule has 2 aromatic rings. The van der Waals surface area contributed by atoms with Crippen molar-refractivity contribution in [3.8, 4) is 0 Å². The molecule has 2 aliphatic carbocycles. The average Bonchev–Trinajstić information content (AvgIpc) is 3.37. The lowest BCUT2D eigenvalue weighted by Crippen LogP contribution is -2.54. The number of aryl methyl sites for hydroxylation is 1. The van der Waals surface area contributed by atoms with Gasteiger partial charge in [0.2, 0.25) is 5.91 Å². The first-order chi connectivity index (χ1) is 20.8. The average molecular weight is 732 g/mol. The SMILES string of the molecule is O=C(O)[C@H]1CC[C@H](C(=O)N2CC[C@@]3(S(=O)(=O)c4ccc(F)cc4)c4cc(Br)c(C(F)(C(F)(F)F)C(F)(F)F)cc4CC[C@@H]23)CC1. The molecule has 0 bridgehead atoms. The Hall–Kier alpha value is -2.75. The van der Waals surface area contributed by atoms with E-state index in [1.807, 2.05) is 0 Å². The fraction of sp³-hybridized carbons (Fsp3) is 0.517. The zero-order chi connectivity index (χ0) is 33.3. The van der Waals surface area contributed by atoms with Crippen molar-refractivity contribution in [1.82, 2.24) is 4.90 Å². The predicted octanol–water partition coefficient (Wildman–Crippen LogP) is 6.98. The van der Waals surface area contributed by atoms with Crippen LogP contribution in [0.5, 0.6) is 0 Å². The number of alkyl halides is 7. The molecule has 1 amide bonds. The van der Waals surface area contributed by atoms with Crippen LogP contribution in [0.1, 0.15) is 55.2 Å². The van der Waals surface area contributed by atoms with E-state index in [0.29, 0.717) is 6.07 Å². The fourth-order valence-electron chi connectivity index (χ4n) is 7.17. The highest BCUT2D eigenvalue weighted by Gasteiger charge is 2.74. The molecule has 2 fully saturated rings. The van der Waals surface area contributed by atoms with Crippen LogP contribution in [0, 0.1) is 17.7 Å². The lowest BCUT2D eigenvalue weighted by molar-refractivity contribution is -0.349. The number of carboxylic acids is 1. The zero-order valence-electron chi connectivity index (χ0n) is 23.2. The van der Waals surface area contributed by atoms with Crippen LogP contribution >= 0.6 is 15.9 Å². The van der Waals surface area contributed by atoms with E-state index in [4.69, 9.17) is 0 Å². The van der Waals surface area contributed by atoms with Crippen molar-refractivity contribution in [3.63, 3.8) is 0 Å². The number of benzene rings is 2. The van der Waals surface area contributed by atoms with Crippen molar-refractivity contribution in [3.05, 3.63) is 63.4 Å². The summed E-state index contributed by atoms with van der Waals surface area (Å²) in [5.74, 6) is -3.44. The molecule has 0 unspecified atom stereocenters. The number of nitrogens with zero attached hydrogens (tertiary/aromatic N) is 1. The summed E-state index contributed by atoms with van der Waals surface area (Å²) < 4.78 is 137. The normalized spacial score (nSPS) is 25.9. The van der Waals surface area contributed by atoms with Crippen LogP contribution in [0.15, 0.2) is 45.8 Å². The van der Waals surface area contributed by atoms with Crippen LogP contribution in [-0.4, -0.2) is 55.2 Å². The van der Waals surface area contributed by atoms with Gasteiger partial charge in [0.1, 0.15) is 10.6 Å². The molecule has 1 saturated carbocycles. The van der Waals surface area contributed by atoms with Gasteiger partial charge >= 0.3 is 24.0 Å². The van der Waals surface area contributed by atoms with E-state index in [1.165, 1.54) is 4.90 Å². The number of hydrogen-bond donors (Lipinski definition) is 1. The van der Waals surface area contributed by atoms with Gasteiger partial charge in [0.05, 0.1) is 16.9 Å². The number of amides is 1. The summed E-state index contributed by atoms with van der Waals surface area (Å²) in [6, 6.07) is 3.74. The third kappa shape index (κ3) is 5.13. The van der Waals surface area contributed by atoms with Gasteiger partial charge in [0, 0.05) is 22.5 Å². The van der Waals surface area contributed by atoms with Crippen LogP contribution < -0.4 is 0 Å². The van der Waals surface area contributed by atoms with E-state index in [9.17, 15) is 53.8 Å². The Kier molecular flexibility index (Phi) is 8.36. The maximum absolute atomic E-state index is 15.2. The highest BCUT2D eigenvalue weighted by Crippen LogP contribution is 2.58. The molecule has 1 saturated heterocycles. The van der Waals surface area contributed by atoms with Gasteiger partial charge in [-0.25, -0.2) is 17.2 Å². The minimum atomic E-state index is -6.41. The number of likely N-dealkylation sites (tertiary alicyclic amines) is 1. The quantitative estimate of drug-likeness (QED) is 0.265. The fourth-order valence-corrected chi connectivity index (χ4v) is 10.1. The summed E-state index contributed by atoms with van der Waals surface area (Å²) in [6.07, 6.45) is -12.7. The van der Waals surface area contributed by atoms with Gasteiger partial charge in [-0.3, -0.25) is 9.59 Å². The molecule has 0 radical (unpaired) electrons. The van der Waals surface area contributed by atoms with E-state index < -0.39 is 78.2 Å². The summed E-state index contributed by atoms with van der Waals surface area (Å²) in [6.45, 7) is -0.139. The second kappa shape index (κ2) is 11.2. The van der Waals surface area contributed by atoms with Gasteiger partial charge in [-0.05, 0) is 86.4 Å². The Balaban J connectivity index is 1.66. The highest BCUT2D eigenvalue weighted by atomic mass is 79.9. The molecule has 5 rings (SSSR count). The van der Waals surface area contributed by atoms with Gasteiger partial charge in [-0.1, -0.05) is 22.0 Å². The van der Waals surface area contributed by atoms with Gasteiger partial charge in [-0.15, -0.1) is 0 Å². The molecule has 3 aliphatic rings. The Morgan fingerprint density at radius 3 is 1.98 bits per heavy atom. The number of hydrogen-bond acceptors (Lipinski definition) is 4. The Labute approximate surface area is 260 Å². The molecule has 6 nitrogen and oxygen atoms in total. The highest BCUT2D eigenvalue weighted by molar-refractivity contribution is 9.10. The number of fused-ring (bicyclic) bond motifs is 3. The van der Waals surface area contributed by atoms with Gasteiger partial charge in [0.25, 0.3) is 0 Å². The van der Waals surface area contributed by atoms with E-state index in [0.717, 1.165) is 30.3 Å². The third-order valence-electron chi connectivity index (χ3n) is 9.44. The number of carbonyl (C=O) groups excluding carboxylic acids is 1. The van der Waals surface area contributed by atoms with Gasteiger partial charge in [0.15, 0.2) is 9.84 Å². The van der Waals surface area contributed by atoms with Gasteiger partial charge < -0.3 is 10.0 Å². The zero-order valence-corrected chi connectivity index (χ0v) is 25.6. The second-order valence-corrected chi connectivity index (χ2v) is 14.8. The maximum atomic E-state index is 15.2. The largest absolute Gasteiger partial charge is 0.481 e. The molecule has 246 valence electrons. The summed E-state index contributed by atoms with van der Waals surface area (Å²) in [5.41, 5.74) is -8.01. The standard InChI is InChI=1S/C29H26BrF8NO5S/c30-22-14-20-17(13-21(22)27(32,28(33,34)35)29(36,37)38)5-10-23-26(20,45(43,44)19-8-6-18(31)7-9-19)11-12-39(23)24(40)15-1-3-16(4-2-15)25(41)42/h6-9,13-16,23H,1-5,10-12H2,(H,41,42)/t15-,16-,23-,26-/m1/s1. The first-order valence-electron chi connectivity index (χ1n) is 14.0. The molecule has 0 aromatic heterocycles. The lowest BCUT2D eigenvalue weighted by Gasteiger charge is -2.44. The molecular formula is C29H26BrF8NO5S. The Morgan fingerprint density at radius 1 is 0.889 bits per heavy atom. The number of sulfone groups is 1. The first-order valence-corrected chi connectivity index (χ1v) is 16.2. The Morgan fingerprint density at radius 2 is 1.44 bits per heavy atom. The van der Waals surface area contributed by atoms with Crippen LogP contribution in [0.4, 0.5) is 35.1 Å². The monoisotopic (exact) mass is 731 g/mol. The molecule has 1 N–H and O–H groups in total. The predicted molar refractivity (Wildman–Crippen MR) is 146 cm³/mol. The molecule has 45 heavy (non-hydrogen) atoms. The van der Waals surface area contributed by atoms with E-state index >= 15 is 4.39 Å². The molecular weight excluding hydrogens is 706 g/mol. The van der Waals surface area contributed by atoms with E-state index in [2.05, 4.69) is 15.9 Å². The minimum absolute atomic E-state index is 0.139. The van der Waals surface area contributed by atoms with Crippen molar-refractivity contribution in [2.45, 2.75) is 78.7 Å². The van der Waals surface area contributed by atoms with Gasteiger partial charge in [-0.2, -0.15) is 26.3 Å². The van der Waals surface area contributed by atoms with Crippen LogP contribution in [0.25, 0.3) is 0 Å². The number of aliphatic carboxylic acids is 1. The second-order valence-electron chi connectivity index (χ2n) is 11.7. The molecule has 2 aromatic carbocycles. The van der Waals surface area contributed by atoms with Crippen molar-refractivity contribution in [2.24, 2.45) is 11.8 Å². The third-order valence-corrected chi connectivity index (χ3v) is 12.6. The lowest BCUT2D eigenvalue weighted by atomic mass is 9.76. The van der Waals surface area contributed by atoms with Crippen molar-refractivity contribution in [2.75, 3.05) is 6.54 Å². The minimum Gasteiger partial charge on any atom is -0.481 e. The maximum Gasteiger partial charge on any atom is 0.435 e. The number of carbonyl (C=O) groups is 2. The molecule has 1 aliphatic heterocycles. The topological polar surface area (TPSA) is 91.8 Å². The molecule has 2 atom stereocenters. The van der Waals surface area contributed by atoms with Crippen molar-refractivity contribution in [1.29, 1.82) is 0 Å².